The number of phenolic OH excluding ortho intramolecular Hbond substituents is 1. The smallest absolute Gasteiger partial charge is 0.492 e. The summed E-state index contributed by atoms with van der Waals surface area (Å²) in [7, 11) is -1.65. The molecule has 1 aromatic heterocycles. The Morgan fingerprint density at radius 2 is 2.00 bits per heavy atom. The van der Waals surface area contributed by atoms with Crippen LogP contribution in [0.2, 0.25) is 0 Å². The number of aromatic hydroxyl groups is 1. The lowest BCUT2D eigenvalue weighted by molar-refractivity contribution is 0.420. The van der Waals surface area contributed by atoms with Crippen molar-refractivity contribution in [2.75, 3.05) is 0 Å². The maximum Gasteiger partial charge on any atom is 0.492 e. The van der Waals surface area contributed by atoms with Crippen molar-refractivity contribution in [3.05, 3.63) is 18.2 Å². The molecule has 2 rings (SSSR count). The number of benzene rings is 1. The summed E-state index contributed by atoms with van der Waals surface area (Å²) in [5, 5.41) is 28.4. The van der Waals surface area contributed by atoms with Crippen LogP contribution in [0.1, 0.15) is 0 Å². The molecule has 0 amide bonds. The van der Waals surface area contributed by atoms with Crippen LogP contribution in [0.5, 0.6) is 5.75 Å². The molecule has 0 spiro atoms. The molecular weight excluding hydrogens is 219 g/mol. The first-order valence-corrected chi connectivity index (χ1v) is 5.16. The van der Waals surface area contributed by atoms with Crippen LogP contribution < -0.4 is 5.46 Å². The van der Waals surface area contributed by atoms with Crippen LogP contribution in [0.15, 0.2) is 22.4 Å². The van der Waals surface area contributed by atoms with Crippen molar-refractivity contribution in [2.45, 2.75) is 4.21 Å². The van der Waals surface area contributed by atoms with E-state index >= 15 is 0 Å². The summed E-state index contributed by atoms with van der Waals surface area (Å²) in [6.45, 7) is 0. The van der Waals surface area contributed by atoms with Gasteiger partial charge in [-0.3, -0.25) is 0 Å². The summed E-state index contributed by atoms with van der Waals surface area (Å²) < 4.78 is 1.40. The number of fused-ring (bicyclic) bond motifs is 1. The largest absolute Gasteiger partial charge is 0.507 e. The molecule has 0 saturated carbocycles. The highest BCUT2D eigenvalue weighted by Crippen LogP contribution is 2.33. The average Bonchev–Trinajstić information content (AvgIpc) is 2.46. The maximum atomic E-state index is 9.69. The maximum absolute atomic E-state index is 9.69. The average molecular weight is 226 g/mol. The van der Waals surface area contributed by atoms with Gasteiger partial charge in [0.25, 0.3) is 0 Å². The van der Waals surface area contributed by atoms with Crippen LogP contribution >= 0.6 is 24.0 Å². The van der Waals surface area contributed by atoms with Gasteiger partial charge >= 0.3 is 7.12 Å². The number of phenols is 1. The zero-order chi connectivity index (χ0) is 10.3. The summed E-state index contributed by atoms with van der Waals surface area (Å²) >= 11 is 5.46. The van der Waals surface area contributed by atoms with Gasteiger partial charge in [0.1, 0.15) is 5.75 Å². The molecule has 0 bridgehead atoms. The Balaban J connectivity index is 2.74. The summed E-state index contributed by atoms with van der Waals surface area (Å²) in [6.07, 6.45) is 0. The Kier molecular flexibility index (Phi) is 2.44. The predicted octanol–water partition coefficient (Wildman–Crippen LogP) is 0.575. The zero-order valence-corrected chi connectivity index (χ0v) is 8.72. The molecule has 0 aliphatic heterocycles. The van der Waals surface area contributed by atoms with Crippen molar-refractivity contribution in [3.8, 4) is 5.75 Å². The summed E-state index contributed by atoms with van der Waals surface area (Å²) in [5.41, 5.74) is 0.118. The monoisotopic (exact) mass is 226 g/mol. The van der Waals surface area contributed by atoms with Crippen molar-refractivity contribution in [1.82, 2.24) is 0 Å². The van der Waals surface area contributed by atoms with Crippen molar-refractivity contribution in [1.29, 1.82) is 0 Å². The third kappa shape index (κ3) is 1.50. The van der Waals surface area contributed by atoms with Crippen LogP contribution in [0.25, 0.3) is 10.1 Å². The number of hydrogen-bond acceptors (Lipinski definition) is 5. The van der Waals surface area contributed by atoms with E-state index in [0.29, 0.717) is 4.70 Å². The fraction of sp³-hybridized carbons (Fsp3) is 0. The van der Waals surface area contributed by atoms with E-state index in [1.165, 1.54) is 17.4 Å². The van der Waals surface area contributed by atoms with Gasteiger partial charge in [-0.05, 0) is 11.5 Å². The summed E-state index contributed by atoms with van der Waals surface area (Å²) in [6, 6.07) is 5.03. The predicted molar refractivity (Wildman–Crippen MR) is 60.6 cm³/mol. The minimum absolute atomic E-state index is 0.0807. The number of thiophene rings is 1. The molecule has 6 heteroatoms. The van der Waals surface area contributed by atoms with Gasteiger partial charge in [0.05, 0.1) is 8.91 Å². The molecule has 1 aromatic carbocycles. The molecule has 72 valence electrons. The molecule has 0 unspecified atom stereocenters. The lowest BCUT2D eigenvalue weighted by Gasteiger charge is -2.03. The van der Waals surface area contributed by atoms with Gasteiger partial charge in [-0.25, -0.2) is 0 Å². The molecule has 1 heterocycles. The van der Waals surface area contributed by atoms with Gasteiger partial charge in [0.2, 0.25) is 0 Å². The lowest BCUT2D eigenvalue weighted by Crippen LogP contribution is -2.29. The molecule has 0 saturated heterocycles. The Hall–Kier alpha value is -0.685. The first-order chi connectivity index (χ1) is 6.59. The molecule has 0 radical (unpaired) electrons. The highest BCUT2D eigenvalue weighted by Gasteiger charge is 2.18. The van der Waals surface area contributed by atoms with Crippen LogP contribution in [0.3, 0.4) is 0 Å². The second-order valence-corrected chi connectivity index (χ2v) is 4.72. The van der Waals surface area contributed by atoms with Crippen molar-refractivity contribution >= 4 is 46.6 Å². The Morgan fingerprint density at radius 3 is 2.64 bits per heavy atom. The second-order valence-electron chi connectivity index (χ2n) is 2.88. The number of thiol groups is 1. The standard InChI is InChI=1S/C8H7BO3S2/c10-7-5(9(11)12)2-1-4-3-6(13)14-8(4)7/h1-3,10-13H. The van der Waals surface area contributed by atoms with Gasteiger partial charge < -0.3 is 15.2 Å². The van der Waals surface area contributed by atoms with Crippen molar-refractivity contribution < 1.29 is 15.2 Å². The van der Waals surface area contributed by atoms with Gasteiger partial charge in [-0.1, -0.05) is 12.1 Å². The molecule has 0 fully saturated rings. The van der Waals surface area contributed by atoms with E-state index in [0.717, 1.165) is 9.60 Å². The molecule has 0 atom stereocenters. The lowest BCUT2D eigenvalue weighted by atomic mass is 9.79. The van der Waals surface area contributed by atoms with Gasteiger partial charge in [0.15, 0.2) is 0 Å². The molecule has 3 N–H and O–H groups in total. The fourth-order valence-electron chi connectivity index (χ4n) is 1.30. The summed E-state index contributed by atoms with van der Waals surface area (Å²) in [5.74, 6) is -0.0807. The fourth-order valence-corrected chi connectivity index (χ4v) is 2.57. The van der Waals surface area contributed by atoms with E-state index in [1.807, 2.05) is 6.07 Å². The Labute approximate surface area is 90.2 Å². The van der Waals surface area contributed by atoms with E-state index in [2.05, 4.69) is 12.6 Å². The van der Waals surface area contributed by atoms with Crippen molar-refractivity contribution in [3.63, 3.8) is 0 Å². The molecule has 3 nitrogen and oxygen atoms in total. The van der Waals surface area contributed by atoms with Gasteiger partial charge in [-0.2, -0.15) is 0 Å². The Morgan fingerprint density at radius 1 is 1.29 bits per heavy atom. The van der Waals surface area contributed by atoms with Crippen molar-refractivity contribution in [2.24, 2.45) is 0 Å². The minimum Gasteiger partial charge on any atom is -0.507 e. The topological polar surface area (TPSA) is 60.7 Å². The number of rotatable bonds is 1. The summed E-state index contributed by atoms with van der Waals surface area (Å²) in [4.78, 5) is 0. The van der Waals surface area contributed by atoms with Gasteiger partial charge in [-0.15, -0.1) is 24.0 Å². The van der Waals surface area contributed by atoms with E-state index < -0.39 is 7.12 Å². The quantitative estimate of drug-likeness (QED) is 0.425. The third-order valence-electron chi connectivity index (χ3n) is 1.96. The molecule has 0 aliphatic carbocycles. The molecule has 2 aromatic rings. The highest BCUT2D eigenvalue weighted by atomic mass is 32.2. The number of hydrogen-bond donors (Lipinski definition) is 4. The minimum atomic E-state index is -1.65. The van der Waals surface area contributed by atoms with Crippen LogP contribution in [-0.4, -0.2) is 22.3 Å². The SMILES string of the molecule is OB(O)c1ccc2cc(S)sc2c1O. The van der Waals surface area contributed by atoms with E-state index in [-0.39, 0.29) is 11.2 Å². The Bertz CT molecular complexity index is 481. The van der Waals surface area contributed by atoms with Gasteiger partial charge in [0, 0.05) is 5.46 Å². The van der Waals surface area contributed by atoms with Crippen LogP contribution in [0, 0.1) is 0 Å². The third-order valence-corrected chi connectivity index (χ3v) is 3.32. The zero-order valence-electron chi connectivity index (χ0n) is 7.01. The first-order valence-electron chi connectivity index (χ1n) is 3.90. The second kappa shape index (κ2) is 3.47. The molecule has 0 aliphatic rings. The van der Waals surface area contributed by atoms with Crippen LogP contribution in [0.4, 0.5) is 0 Å². The first kappa shape index (κ1) is 9.85. The molecular formula is C8H7BO3S2. The molecule has 14 heavy (non-hydrogen) atoms. The normalized spacial score (nSPS) is 10.8. The van der Waals surface area contributed by atoms with E-state index in [4.69, 9.17) is 10.0 Å². The van der Waals surface area contributed by atoms with E-state index in [1.54, 1.807) is 6.07 Å². The highest BCUT2D eigenvalue weighted by molar-refractivity contribution is 7.83. The van der Waals surface area contributed by atoms with E-state index in [9.17, 15) is 5.11 Å². The van der Waals surface area contributed by atoms with Crippen LogP contribution in [-0.2, 0) is 0 Å².